The second-order valence-electron chi connectivity index (χ2n) is 1.48. The average Bonchev–Trinajstić information content (AvgIpc) is 1.85. The van der Waals surface area contributed by atoms with Gasteiger partial charge in [-0.3, -0.25) is 10.3 Å². The third-order valence-electron chi connectivity index (χ3n) is 0.703. The minimum Gasteiger partial charge on any atom is -0.279 e. The molecule has 0 rings (SSSR count). The maximum Gasteiger partial charge on any atom is 0.144 e. The zero-order chi connectivity index (χ0) is 7.11. The summed E-state index contributed by atoms with van der Waals surface area (Å²) in [6, 6.07) is 0. The molecule has 0 radical (unpaired) electrons. The van der Waals surface area contributed by atoms with Crippen molar-refractivity contribution < 1.29 is 0 Å². The molecule has 1 atom stereocenters. The number of nitrogens with one attached hydrogen (secondary N) is 1. The van der Waals surface area contributed by atoms with Crippen LogP contribution in [0.4, 0.5) is 0 Å². The van der Waals surface area contributed by atoms with Crippen molar-refractivity contribution in [3.63, 3.8) is 0 Å². The van der Waals surface area contributed by atoms with Crippen LogP contribution in [-0.4, -0.2) is 17.6 Å². The quantitative estimate of drug-likeness (QED) is 0.324. The molecule has 0 aromatic carbocycles. The number of hydrogen-bond acceptors (Lipinski definition) is 4. The summed E-state index contributed by atoms with van der Waals surface area (Å²) in [6.07, 6.45) is 2.78. The number of rotatable bonds is 4. The van der Waals surface area contributed by atoms with Crippen LogP contribution in [0.2, 0.25) is 0 Å². The molecule has 0 fully saturated rings. The normalized spacial score (nSPS) is 14.6. The Bertz CT molecular complexity index is 85.0. The van der Waals surface area contributed by atoms with E-state index in [4.69, 9.17) is 0 Å². The molecular weight excluding hydrogens is 152 g/mol. The van der Waals surface area contributed by atoms with Crippen LogP contribution in [0.15, 0.2) is 4.99 Å². The monoisotopic (exact) mass is 164 g/mol. The molecule has 2 nitrogen and oxygen atoms in total. The van der Waals surface area contributed by atoms with Gasteiger partial charge in [0.2, 0.25) is 0 Å². The molecule has 0 aromatic heterocycles. The van der Waals surface area contributed by atoms with E-state index < -0.39 is 0 Å². The van der Waals surface area contributed by atoms with Crippen molar-refractivity contribution in [1.29, 1.82) is 0 Å². The van der Waals surface area contributed by atoms with Crippen LogP contribution in [-0.2, 0) is 0 Å². The summed E-state index contributed by atoms with van der Waals surface area (Å²) in [5, 5.41) is 2.91. The molecule has 0 saturated heterocycles. The lowest BCUT2D eigenvalue weighted by Gasteiger charge is -2.02. The molecule has 0 aliphatic heterocycles. The van der Waals surface area contributed by atoms with Gasteiger partial charge in [0.15, 0.2) is 0 Å². The third-order valence-corrected chi connectivity index (χ3v) is 1.20. The number of nitrogens with zero attached hydrogens (tertiary/aromatic N) is 1. The minimum atomic E-state index is -0.0950. The van der Waals surface area contributed by atoms with Crippen LogP contribution in [0.1, 0.15) is 13.3 Å². The van der Waals surface area contributed by atoms with Crippen LogP contribution < -0.4 is 5.32 Å². The van der Waals surface area contributed by atoms with Crippen LogP contribution in [0, 0.1) is 0 Å². The number of hydrogen-bond donors (Lipinski definition) is 3. The van der Waals surface area contributed by atoms with Crippen LogP contribution in [0.5, 0.6) is 0 Å². The maximum atomic E-state index is 4.09. The van der Waals surface area contributed by atoms with E-state index in [1.165, 1.54) is 0 Å². The van der Waals surface area contributed by atoms with Crippen LogP contribution >= 0.6 is 25.3 Å². The Morgan fingerprint density at radius 1 is 1.78 bits per heavy atom. The van der Waals surface area contributed by atoms with E-state index in [-0.39, 0.29) is 5.50 Å². The van der Waals surface area contributed by atoms with Gasteiger partial charge in [-0.25, -0.2) is 0 Å². The summed E-state index contributed by atoms with van der Waals surface area (Å²) >= 11 is 8.03. The van der Waals surface area contributed by atoms with Crippen molar-refractivity contribution in [3.05, 3.63) is 0 Å². The minimum absolute atomic E-state index is 0.0950. The van der Waals surface area contributed by atoms with Crippen molar-refractivity contribution >= 4 is 31.5 Å². The fourth-order valence-electron chi connectivity index (χ4n) is 0.340. The third kappa shape index (κ3) is 6.21. The van der Waals surface area contributed by atoms with Crippen molar-refractivity contribution in [3.8, 4) is 0 Å². The molecular formula is C5H12N2S2. The summed E-state index contributed by atoms with van der Waals surface area (Å²) < 4.78 is 0. The Kier molecular flexibility index (Phi) is 6.69. The van der Waals surface area contributed by atoms with E-state index in [1.54, 1.807) is 0 Å². The zero-order valence-electron chi connectivity index (χ0n) is 5.41. The average molecular weight is 164 g/mol. The van der Waals surface area contributed by atoms with E-state index in [0.29, 0.717) is 5.88 Å². The highest BCUT2D eigenvalue weighted by molar-refractivity contribution is 7.81. The van der Waals surface area contributed by atoms with Crippen LogP contribution in [0.3, 0.4) is 0 Å². The van der Waals surface area contributed by atoms with Gasteiger partial charge >= 0.3 is 0 Å². The Balaban J connectivity index is 3.25. The summed E-state index contributed by atoms with van der Waals surface area (Å²) in [7, 11) is 0. The predicted octanol–water partition coefficient (Wildman–Crippen LogP) is 1.16. The molecule has 4 heteroatoms. The highest BCUT2D eigenvalue weighted by Crippen LogP contribution is 1.90. The Labute approximate surface area is 67.0 Å². The van der Waals surface area contributed by atoms with E-state index in [0.717, 1.165) is 6.42 Å². The van der Waals surface area contributed by atoms with E-state index >= 15 is 0 Å². The smallest absolute Gasteiger partial charge is 0.144 e. The molecule has 0 heterocycles. The molecule has 0 aliphatic rings. The maximum absolute atomic E-state index is 4.09. The SMILES string of the molecule is CCC=NC(S)NCS. The van der Waals surface area contributed by atoms with Crippen molar-refractivity contribution in [2.45, 2.75) is 18.8 Å². The lowest BCUT2D eigenvalue weighted by Crippen LogP contribution is -2.19. The first-order valence-electron chi connectivity index (χ1n) is 2.85. The lowest BCUT2D eigenvalue weighted by atomic mass is 10.5. The summed E-state index contributed by atoms with van der Waals surface area (Å²) in [5.41, 5.74) is -0.0950. The standard InChI is InChI=1S/C5H12N2S2/c1-2-3-6-5(9)7-4-8/h3,5,7-9H,2,4H2,1H3. The fourth-order valence-corrected chi connectivity index (χ4v) is 0.842. The molecule has 0 amide bonds. The number of thiol groups is 2. The van der Waals surface area contributed by atoms with Gasteiger partial charge in [0.05, 0.1) is 0 Å². The Hall–Kier alpha value is 0.330. The Morgan fingerprint density at radius 3 is 2.89 bits per heavy atom. The van der Waals surface area contributed by atoms with E-state index in [1.807, 2.05) is 13.1 Å². The molecule has 0 bridgehead atoms. The van der Waals surface area contributed by atoms with Gasteiger partial charge < -0.3 is 0 Å². The van der Waals surface area contributed by atoms with Gasteiger partial charge in [-0.2, -0.15) is 12.6 Å². The van der Waals surface area contributed by atoms with E-state index in [2.05, 4.69) is 35.6 Å². The second-order valence-corrected chi connectivity index (χ2v) is 2.28. The van der Waals surface area contributed by atoms with E-state index in [9.17, 15) is 0 Å². The molecule has 9 heavy (non-hydrogen) atoms. The van der Waals surface area contributed by atoms with Gasteiger partial charge in [0.1, 0.15) is 5.50 Å². The first-order valence-corrected chi connectivity index (χ1v) is 4.00. The molecule has 0 spiro atoms. The van der Waals surface area contributed by atoms with Gasteiger partial charge in [-0.15, -0.1) is 12.6 Å². The van der Waals surface area contributed by atoms with Gasteiger partial charge in [-0.05, 0) is 6.42 Å². The van der Waals surface area contributed by atoms with Gasteiger partial charge in [-0.1, -0.05) is 6.92 Å². The molecule has 1 unspecified atom stereocenters. The topological polar surface area (TPSA) is 24.4 Å². The molecule has 0 aliphatic carbocycles. The van der Waals surface area contributed by atoms with Gasteiger partial charge in [0.25, 0.3) is 0 Å². The van der Waals surface area contributed by atoms with Gasteiger partial charge in [0, 0.05) is 12.1 Å². The Morgan fingerprint density at radius 2 is 2.44 bits per heavy atom. The molecule has 0 saturated carbocycles. The highest BCUT2D eigenvalue weighted by Gasteiger charge is 1.90. The van der Waals surface area contributed by atoms with Crippen molar-refractivity contribution in [1.82, 2.24) is 5.32 Å². The summed E-state index contributed by atoms with van der Waals surface area (Å²) in [6.45, 7) is 2.03. The van der Waals surface area contributed by atoms with Crippen molar-refractivity contribution in [2.75, 3.05) is 5.88 Å². The first kappa shape index (κ1) is 9.33. The molecule has 0 aromatic rings. The fraction of sp³-hybridized carbons (Fsp3) is 0.800. The van der Waals surface area contributed by atoms with Crippen molar-refractivity contribution in [2.24, 2.45) is 4.99 Å². The largest absolute Gasteiger partial charge is 0.279 e. The highest BCUT2D eigenvalue weighted by atomic mass is 32.1. The number of aliphatic imine (C=N–C) groups is 1. The first-order chi connectivity index (χ1) is 4.31. The predicted molar refractivity (Wildman–Crippen MR) is 48.5 cm³/mol. The summed E-state index contributed by atoms with van der Waals surface area (Å²) in [5.74, 6) is 0.606. The van der Waals surface area contributed by atoms with Crippen LogP contribution in [0.25, 0.3) is 0 Å². The lowest BCUT2D eigenvalue weighted by molar-refractivity contribution is 0.767. The zero-order valence-corrected chi connectivity index (χ0v) is 7.20. The summed E-state index contributed by atoms with van der Waals surface area (Å²) in [4.78, 5) is 4.01. The second kappa shape index (κ2) is 6.45. The molecule has 54 valence electrons. The molecule has 1 N–H and O–H groups in total.